The molecule has 8 heteroatoms. The largest absolute Gasteiger partial charge is 0.425 e. The second-order valence-corrected chi connectivity index (χ2v) is 6.57. The number of hydrogen-bond donors (Lipinski definition) is 0. The summed E-state index contributed by atoms with van der Waals surface area (Å²) in [5, 5.41) is 17.2. The van der Waals surface area contributed by atoms with Gasteiger partial charge in [0.25, 0.3) is 0 Å². The van der Waals surface area contributed by atoms with Gasteiger partial charge in [-0.3, -0.25) is 4.57 Å². The van der Waals surface area contributed by atoms with Crippen LogP contribution in [0.4, 0.5) is 0 Å². The molecule has 0 N–H and O–H groups in total. The van der Waals surface area contributed by atoms with Crippen LogP contribution in [0.15, 0.2) is 51.0 Å². The monoisotopic (exact) mass is 391 g/mol. The predicted octanol–water partition coefficient (Wildman–Crippen LogP) is 3.88. The van der Waals surface area contributed by atoms with Crippen molar-refractivity contribution >= 4 is 27.7 Å². The lowest BCUT2D eigenvalue weighted by atomic mass is 10.2. The van der Waals surface area contributed by atoms with Crippen molar-refractivity contribution in [2.45, 2.75) is 24.4 Å². The van der Waals surface area contributed by atoms with Gasteiger partial charge in [0.05, 0.1) is 5.75 Å². The number of rotatable bonds is 6. The van der Waals surface area contributed by atoms with Gasteiger partial charge in [0.15, 0.2) is 11.0 Å². The summed E-state index contributed by atoms with van der Waals surface area (Å²) in [5.74, 6) is 2.49. The van der Waals surface area contributed by atoms with Crippen molar-refractivity contribution in [2.75, 3.05) is 0 Å². The molecule has 0 amide bonds. The van der Waals surface area contributed by atoms with Crippen molar-refractivity contribution in [1.29, 1.82) is 0 Å². The molecule has 2 aromatic heterocycles. The molecule has 0 aliphatic heterocycles. The average molecular weight is 392 g/mol. The number of allylic oxidation sites excluding steroid dienone is 1. The van der Waals surface area contributed by atoms with Crippen LogP contribution in [0.3, 0.4) is 0 Å². The Balaban J connectivity index is 1.85. The summed E-state index contributed by atoms with van der Waals surface area (Å²) in [4.78, 5) is 0. The molecule has 0 spiro atoms. The van der Waals surface area contributed by atoms with Gasteiger partial charge in [-0.2, -0.15) is 0 Å². The molecule has 0 aliphatic carbocycles. The predicted molar refractivity (Wildman–Crippen MR) is 92.0 cm³/mol. The van der Waals surface area contributed by atoms with Crippen molar-refractivity contribution in [3.05, 3.63) is 53.2 Å². The highest BCUT2D eigenvalue weighted by Gasteiger charge is 2.14. The maximum Gasteiger partial charge on any atom is 0.226 e. The summed E-state index contributed by atoms with van der Waals surface area (Å²) in [6.07, 6.45) is 1.83. The van der Waals surface area contributed by atoms with Crippen molar-refractivity contribution in [1.82, 2.24) is 25.0 Å². The molecular formula is C15H14BrN5OS. The van der Waals surface area contributed by atoms with Gasteiger partial charge in [0, 0.05) is 23.5 Å². The quantitative estimate of drug-likeness (QED) is 0.469. The molecule has 0 bridgehead atoms. The van der Waals surface area contributed by atoms with E-state index in [4.69, 9.17) is 4.42 Å². The van der Waals surface area contributed by atoms with Crippen molar-refractivity contribution in [3.63, 3.8) is 0 Å². The minimum absolute atomic E-state index is 0.552. The van der Waals surface area contributed by atoms with Crippen molar-refractivity contribution < 1.29 is 4.42 Å². The normalized spacial score (nSPS) is 10.9. The van der Waals surface area contributed by atoms with E-state index in [1.165, 1.54) is 11.8 Å². The van der Waals surface area contributed by atoms with E-state index >= 15 is 0 Å². The molecule has 0 unspecified atom stereocenters. The van der Waals surface area contributed by atoms with Gasteiger partial charge in [-0.15, -0.1) is 27.0 Å². The van der Waals surface area contributed by atoms with Crippen LogP contribution in [-0.2, 0) is 12.3 Å². The Kier molecular flexibility index (Phi) is 4.92. The minimum atomic E-state index is 0.552. The fourth-order valence-electron chi connectivity index (χ4n) is 2.02. The zero-order valence-electron chi connectivity index (χ0n) is 12.4. The molecule has 118 valence electrons. The Morgan fingerprint density at radius 1 is 1.22 bits per heavy atom. The third kappa shape index (κ3) is 3.70. The van der Waals surface area contributed by atoms with E-state index in [1.807, 2.05) is 34.9 Å². The molecule has 0 atom stereocenters. The van der Waals surface area contributed by atoms with E-state index in [-0.39, 0.29) is 0 Å². The lowest BCUT2D eigenvalue weighted by molar-refractivity contribution is 0.485. The summed E-state index contributed by atoms with van der Waals surface area (Å²) in [6.45, 7) is 6.21. The van der Waals surface area contributed by atoms with Crippen LogP contribution in [0.25, 0.3) is 11.4 Å². The van der Waals surface area contributed by atoms with E-state index in [1.54, 1.807) is 6.92 Å². The molecule has 2 heterocycles. The summed E-state index contributed by atoms with van der Waals surface area (Å²) < 4.78 is 8.43. The van der Waals surface area contributed by atoms with Gasteiger partial charge in [-0.1, -0.05) is 45.9 Å². The van der Waals surface area contributed by atoms with Gasteiger partial charge in [-0.25, -0.2) is 0 Å². The number of halogens is 1. The van der Waals surface area contributed by atoms with Crippen molar-refractivity contribution in [3.8, 4) is 11.4 Å². The van der Waals surface area contributed by atoms with Crippen LogP contribution >= 0.6 is 27.7 Å². The van der Waals surface area contributed by atoms with Crippen molar-refractivity contribution in [2.24, 2.45) is 0 Å². The lowest BCUT2D eigenvalue weighted by Crippen LogP contribution is -2.00. The molecule has 0 aliphatic rings. The van der Waals surface area contributed by atoms with E-state index in [0.717, 1.165) is 21.0 Å². The molecule has 23 heavy (non-hydrogen) atoms. The first kappa shape index (κ1) is 15.9. The van der Waals surface area contributed by atoms with E-state index in [9.17, 15) is 0 Å². The first-order valence-corrected chi connectivity index (χ1v) is 8.67. The second-order valence-electron chi connectivity index (χ2n) is 4.72. The first-order valence-electron chi connectivity index (χ1n) is 6.89. The zero-order chi connectivity index (χ0) is 16.2. The Morgan fingerprint density at radius 3 is 2.65 bits per heavy atom. The third-order valence-electron chi connectivity index (χ3n) is 3.02. The van der Waals surface area contributed by atoms with Gasteiger partial charge >= 0.3 is 0 Å². The Labute approximate surface area is 146 Å². The van der Waals surface area contributed by atoms with Crippen LogP contribution < -0.4 is 0 Å². The number of thioether (sulfide) groups is 1. The lowest BCUT2D eigenvalue weighted by Gasteiger charge is -2.07. The smallest absolute Gasteiger partial charge is 0.226 e. The fraction of sp³-hybridized carbons (Fsp3) is 0.200. The topological polar surface area (TPSA) is 69.6 Å². The van der Waals surface area contributed by atoms with Crippen LogP contribution in [0.2, 0.25) is 0 Å². The summed E-state index contributed by atoms with van der Waals surface area (Å²) in [5.41, 5.74) is 1.00. The summed E-state index contributed by atoms with van der Waals surface area (Å²) in [6, 6.07) is 7.97. The Bertz CT molecular complexity index is 812. The second kappa shape index (κ2) is 7.10. The van der Waals surface area contributed by atoms with E-state index < -0.39 is 0 Å². The maximum atomic E-state index is 5.38. The number of nitrogens with zero attached hydrogens (tertiary/aromatic N) is 5. The van der Waals surface area contributed by atoms with E-state index in [2.05, 4.69) is 42.9 Å². The summed E-state index contributed by atoms with van der Waals surface area (Å²) in [7, 11) is 0. The highest BCUT2D eigenvalue weighted by Crippen LogP contribution is 2.27. The molecule has 0 radical (unpaired) electrons. The molecule has 0 saturated carbocycles. The van der Waals surface area contributed by atoms with Gasteiger partial charge in [0.1, 0.15) is 0 Å². The zero-order valence-corrected chi connectivity index (χ0v) is 14.8. The van der Waals surface area contributed by atoms with E-state index in [0.29, 0.717) is 24.1 Å². The third-order valence-corrected chi connectivity index (χ3v) is 4.50. The van der Waals surface area contributed by atoms with Gasteiger partial charge in [-0.05, 0) is 12.1 Å². The Hall–Kier alpha value is -1.93. The van der Waals surface area contributed by atoms with Crippen LogP contribution in [0.5, 0.6) is 0 Å². The molecule has 0 saturated heterocycles. The maximum absolute atomic E-state index is 5.38. The highest BCUT2D eigenvalue weighted by atomic mass is 79.9. The van der Waals surface area contributed by atoms with Crippen LogP contribution in [-0.4, -0.2) is 25.0 Å². The number of aryl methyl sites for hydroxylation is 1. The molecular weight excluding hydrogens is 378 g/mol. The first-order chi connectivity index (χ1) is 11.2. The number of aromatic nitrogens is 5. The fourth-order valence-corrected chi connectivity index (χ4v) is 3.07. The average Bonchev–Trinajstić information content (AvgIpc) is 3.13. The van der Waals surface area contributed by atoms with Gasteiger partial charge in [0.2, 0.25) is 11.8 Å². The SMILES string of the molecule is C=CCn1c(SCc2nnc(C)o2)nnc1-c1ccc(Br)cc1. The molecule has 1 aromatic carbocycles. The van der Waals surface area contributed by atoms with Crippen LogP contribution in [0.1, 0.15) is 11.8 Å². The van der Waals surface area contributed by atoms with Gasteiger partial charge < -0.3 is 4.42 Å². The summed E-state index contributed by atoms with van der Waals surface area (Å²) >= 11 is 4.95. The minimum Gasteiger partial charge on any atom is -0.425 e. The van der Waals surface area contributed by atoms with Crippen LogP contribution in [0, 0.1) is 6.92 Å². The number of hydrogen-bond acceptors (Lipinski definition) is 6. The molecule has 3 rings (SSSR count). The molecule has 3 aromatic rings. The Morgan fingerprint density at radius 2 is 2.00 bits per heavy atom. The number of benzene rings is 1. The molecule has 6 nitrogen and oxygen atoms in total. The standard InChI is InChI=1S/C15H14BrN5OS/c1-3-8-21-14(11-4-6-12(16)7-5-11)19-20-15(21)23-9-13-18-17-10(2)22-13/h3-7H,1,8-9H2,2H3. The molecule has 0 fully saturated rings. The highest BCUT2D eigenvalue weighted by molar-refractivity contribution is 9.10.